The van der Waals surface area contributed by atoms with Crippen LogP contribution in [-0.4, -0.2) is 57.7 Å². The van der Waals surface area contributed by atoms with Crippen molar-refractivity contribution in [2.75, 3.05) is 19.6 Å². The van der Waals surface area contributed by atoms with Crippen molar-refractivity contribution in [2.45, 2.75) is 58.4 Å². The highest BCUT2D eigenvalue weighted by Gasteiger charge is 2.58. The highest BCUT2D eigenvalue weighted by molar-refractivity contribution is 6.07. The van der Waals surface area contributed by atoms with Crippen LogP contribution in [-0.2, 0) is 15.0 Å². The number of nitrogens with zero attached hydrogens (tertiary/aromatic N) is 3. The highest BCUT2D eigenvalue weighted by atomic mass is 19.1. The molecule has 38 heavy (non-hydrogen) atoms. The van der Waals surface area contributed by atoms with E-state index < -0.39 is 16.9 Å². The van der Waals surface area contributed by atoms with E-state index in [4.69, 9.17) is 15.1 Å². The van der Waals surface area contributed by atoms with E-state index in [9.17, 15) is 18.8 Å². The summed E-state index contributed by atoms with van der Waals surface area (Å²) >= 11 is 0. The first-order valence-corrected chi connectivity index (χ1v) is 12.9. The quantitative estimate of drug-likeness (QED) is 0.517. The van der Waals surface area contributed by atoms with Gasteiger partial charge in [-0.25, -0.2) is 9.37 Å². The maximum Gasteiger partial charge on any atom is 0.290 e. The fraction of sp³-hybridized carbons (Fsp3) is 0.448. The Bertz CT molecular complexity index is 1450. The molecule has 3 amide bonds. The maximum absolute atomic E-state index is 13.7. The number of furan rings is 1. The second kappa shape index (κ2) is 8.64. The van der Waals surface area contributed by atoms with E-state index in [-0.39, 0.29) is 35.4 Å². The molecule has 0 radical (unpaired) electrons. The first-order chi connectivity index (χ1) is 17.7. The van der Waals surface area contributed by atoms with Gasteiger partial charge in [0.2, 0.25) is 11.8 Å². The Morgan fingerprint density at radius 1 is 1.05 bits per heavy atom. The van der Waals surface area contributed by atoms with Crippen LogP contribution in [0.4, 0.5) is 4.39 Å². The minimum atomic E-state index is -1.09. The minimum Gasteiger partial charge on any atom is -0.449 e. The Kier molecular flexibility index (Phi) is 5.89. The Labute approximate surface area is 221 Å². The van der Waals surface area contributed by atoms with Crippen molar-refractivity contribution in [3.8, 4) is 11.3 Å². The van der Waals surface area contributed by atoms with Gasteiger partial charge in [0.1, 0.15) is 16.7 Å². The molecule has 0 spiro atoms. The van der Waals surface area contributed by atoms with Crippen LogP contribution in [0.3, 0.4) is 0 Å². The number of amides is 3. The number of hydrogen-bond acceptors (Lipinski definition) is 5. The van der Waals surface area contributed by atoms with E-state index in [1.54, 1.807) is 28.0 Å². The molecule has 9 heteroatoms. The molecule has 2 fully saturated rings. The molecule has 2 aliphatic rings. The molecular weight excluding hydrogens is 487 g/mol. The average molecular weight is 521 g/mol. The predicted molar refractivity (Wildman–Crippen MR) is 141 cm³/mol. The third-order valence-corrected chi connectivity index (χ3v) is 7.70. The molecule has 0 bridgehead atoms. The summed E-state index contributed by atoms with van der Waals surface area (Å²) < 4.78 is 19.7. The molecule has 200 valence electrons. The van der Waals surface area contributed by atoms with E-state index in [0.29, 0.717) is 42.7 Å². The third-order valence-electron chi connectivity index (χ3n) is 7.70. The van der Waals surface area contributed by atoms with Crippen molar-refractivity contribution in [1.82, 2.24) is 14.8 Å². The van der Waals surface area contributed by atoms with Crippen molar-refractivity contribution in [1.29, 1.82) is 0 Å². The largest absolute Gasteiger partial charge is 0.449 e. The van der Waals surface area contributed by atoms with Crippen molar-refractivity contribution >= 4 is 28.8 Å². The number of pyridine rings is 1. The molecule has 1 aromatic carbocycles. The van der Waals surface area contributed by atoms with Gasteiger partial charge in [0.05, 0.1) is 11.2 Å². The lowest BCUT2D eigenvalue weighted by Crippen LogP contribution is -2.63. The summed E-state index contributed by atoms with van der Waals surface area (Å²) in [6.07, 6.45) is 0.950. The zero-order valence-corrected chi connectivity index (χ0v) is 22.4. The van der Waals surface area contributed by atoms with Gasteiger partial charge < -0.3 is 20.0 Å². The summed E-state index contributed by atoms with van der Waals surface area (Å²) in [7, 11) is 0. The summed E-state index contributed by atoms with van der Waals surface area (Å²) in [5.74, 6) is -1.28. The molecule has 3 heterocycles. The number of carbonyl (C=O) groups excluding carboxylic acids is 3. The third kappa shape index (κ3) is 4.33. The lowest BCUT2D eigenvalue weighted by atomic mass is 9.86. The Morgan fingerprint density at radius 3 is 2.26 bits per heavy atom. The summed E-state index contributed by atoms with van der Waals surface area (Å²) in [6.45, 7) is 10.8. The SMILES string of the molecule is CC(C)(C)c1cc(-c2ccc(F)cc2)nc2cc(C(=O)N3CCN(C(=O)C4(C(N)=O)CC4)CC3(C)C)oc12. The summed E-state index contributed by atoms with van der Waals surface area (Å²) in [4.78, 5) is 46.7. The van der Waals surface area contributed by atoms with E-state index in [1.165, 1.54) is 12.1 Å². The smallest absolute Gasteiger partial charge is 0.290 e. The minimum absolute atomic E-state index is 0.165. The Morgan fingerprint density at radius 2 is 1.71 bits per heavy atom. The lowest BCUT2D eigenvalue weighted by Gasteiger charge is -2.47. The number of piperazine rings is 1. The molecule has 0 unspecified atom stereocenters. The van der Waals surface area contributed by atoms with Gasteiger partial charge in [-0.1, -0.05) is 20.8 Å². The van der Waals surface area contributed by atoms with Crippen molar-refractivity contribution in [2.24, 2.45) is 11.1 Å². The molecule has 0 atom stereocenters. The molecule has 3 aromatic rings. The first-order valence-electron chi connectivity index (χ1n) is 12.9. The summed E-state index contributed by atoms with van der Waals surface area (Å²) in [6, 6.07) is 9.71. The van der Waals surface area contributed by atoms with Gasteiger partial charge in [-0.05, 0) is 62.4 Å². The molecule has 1 saturated heterocycles. The van der Waals surface area contributed by atoms with Crippen LogP contribution in [0.25, 0.3) is 22.4 Å². The average Bonchev–Trinajstić information content (AvgIpc) is 3.55. The van der Waals surface area contributed by atoms with Gasteiger partial charge in [0, 0.05) is 36.8 Å². The fourth-order valence-corrected chi connectivity index (χ4v) is 5.28. The Hall–Kier alpha value is -3.75. The van der Waals surface area contributed by atoms with Crippen LogP contribution in [0.5, 0.6) is 0 Å². The van der Waals surface area contributed by atoms with Gasteiger partial charge in [0.25, 0.3) is 5.91 Å². The standard InChI is InChI=1S/C29H33FN4O4/c1-27(2,3)19-14-20(17-6-8-18(30)9-7-17)32-21-15-22(38-23(19)21)24(35)34-13-12-33(16-28(34,4)5)26(37)29(10-11-29)25(31)36/h6-9,14-15H,10-13,16H2,1-5H3,(H2,31,36). The molecule has 1 aliphatic heterocycles. The fourth-order valence-electron chi connectivity index (χ4n) is 5.28. The highest BCUT2D eigenvalue weighted by Crippen LogP contribution is 2.47. The van der Waals surface area contributed by atoms with Crippen molar-refractivity contribution in [3.63, 3.8) is 0 Å². The summed E-state index contributed by atoms with van der Waals surface area (Å²) in [5, 5.41) is 0. The van der Waals surface area contributed by atoms with E-state index in [2.05, 4.69) is 20.8 Å². The zero-order valence-electron chi connectivity index (χ0n) is 22.4. The normalized spacial score (nSPS) is 18.5. The molecule has 2 aromatic heterocycles. The van der Waals surface area contributed by atoms with Crippen LogP contribution in [0, 0.1) is 11.2 Å². The van der Waals surface area contributed by atoms with E-state index in [0.717, 1.165) is 11.1 Å². The Balaban J connectivity index is 1.46. The van der Waals surface area contributed by atoms with Gasteiger partial charge in [-0.2, -0.15) is 0 Å². The molecule has 8 nitrogen and oxygen atoms in total. The second-order valence-electron chi connectivity index (χ2n) is 12.1. The number of hydrogen-bond donors (Lipinski definition) is 1. The van der Waals surface area contributed by atoms with Gasteiger partial charge in [-0.15, -0.1) is 0 Å². The van der Waals surface area contributed by atoms with Crippen LogP contribution in [0.1, 0.15) is 63.6 Å². The van der Waals surface area contributed by atoms with Crippen LogP contribution in [0.2, 0.25) is 0 Å². The number of carbonyl (C=O) groups is 3. The van der Waals surface area contributed by atoms with Crippen molar-refractivity contribution in [3.05, 3.63) is 53.5 Å². The topological polar surface area (TPSA) is 110 Å². The molecule has 1 aliphatic carbocycles. The van der Waals surface area contributed by atoms with E-state index >= 15 is 0 Å². The van der Waals surface area contributed by atoms with Crippen LogP contribution < -0.4 is 5.73 Å². The van der Waals surface area contributed by atoms with Gasteiger partial charge in [-0.3, -0.25) is 14.4 Å². The maximum atomic E-state index is 13.7. The van der Waals surface area contributed by atoms with Gasteiger partial charge >= 0.3 is 0 Å². The van der Waals surface area contributed by atoms with Crippen LogP contribution in [0.15, 0.2) is 40.8 Å². The number of fused-ring (bicyclic) bond motifs is 1. The van der Waals surface area contributed by atoms with Crippen LogP contribution >= 0.6 is 0 Å². The number of halogens is 1. The molecule has 5 rings (SSSR count). The van der Waals surface area contributed by atoms with Crippen molar-refractivity contribution < 1.29 is 23.2 Å². The number of primary amides is 1. The monoisotopic (exact) mass is 520 g/mol. The lowest BCUT2D eigenvalue weighted by molar-refractivity contribution is -0.146. The summed E-state index contributed by atoms with van der Waals surface area (Å²) in [5.41, 5.74) is 6.81. The van der Waals surface area contributed by atoms with Gasteiger partial charge in [0.15, 0.2) is 11.3 Å². The predicted octanol–water partition coefficient (Wildman–Crippen LogP) is 4.26. The van der Waals surface area contributed by atoms with E-state index in [1.807, 2.05) is 19.9 Å². The number of rotatable bonds is 4. The first kappa shape index (κ1) is 25.9. The molecule has 2 N–H and O–H groups in total. The number of benzene rings is 1. The zero-order chi connectivity index (χ0) is 27.6. The number of aromatic nitrogens is 1. The molecule has 1 saturated carbocycles. The number of nitrogens with two attached hydrogens (primary N) is 1. The second-order valence-corrected chi connectivity index (χ2v) is 12.1. The molecular formula is C29H33FN4O4.